The molecule has 25 heavy (non-hydrogen) atoms. The van der Waals surface area contributed by atoms with Crippen LogP contribution in [0.15, 0.2) is 9.52 Å². The second-order valence-corrected chi connectivity index (χ2v) is 7.10. The Kier molecular flexibility index (Phi) is 5.93. The number of aromatic nitrogens is 2. The number of hydrogen-bond donors (Lipinski definition) is 2. The van der Waals surface area contributed by atoms with Crippen LogP contribution in [0, 0.1) is 12.3 Å². The van der Waals surface area contributed by atoms with Crippen LogP contribution in [0.1, 0.15) is 64.1 Å². The topological polar surface area (TPSA) is 84.6 Å². The molecule has 140 valence electrons. The van der Waals surface area contributed by atoms with Crippen molar-refractivity contribution in [3.8, 4) is 0 Å². The highest BCUT2D eigenvalue weighted by Gasteiger charge is 2.55. The number of aliphatic imine (C=N–C) groups is 1. The van der Waals surface area contributed by atoms with Crippen LogP contribution in [0.4, 0.5) is 0 Å². The van der Waals surface area contributed by atoms with Gasteiger partial charge in [-0.3, -0.25) is 0 Å². The molecule has 2 saturated carbocycles. The number of rotatable bonds is 6. The fourth-order valence-corrected chi connectivity index (χ4v) is 4.31. The van der Waals surface area contributed by atoms with Crippen molar-refractivity contribution in [1.29, 1.82) is 0 Å². The normalized spacial score (nSPS) is 25.6. The van der Waals surface area contributed by atoms with Gasteiger partial charge < -0.3 is 19.9 Å². The summed E-state index contributed by atoms with van der Waals surface area (Å²) in [6.45, 7) is 8.00. The Bertz CT molecular complexity index is 580. The molecule has 1 aromatic rings. The van der Waals surface area contributed by atoms with Crippen LogP contribution in [0.25, 0.3) is 0 Å². The Labute approximate surface area is 150 Å². The van der Waals surface area contributed by atoms with Crippen molar-refractivity contribution in [2.24, 2.45) is 10.4 Å². The zero-order valence-electron chi connectivity index (χ0n) is 15.7. The minimum absolute atomic E-state index is 0.271. The summed E-state index contributed by atoms with van der Waals surface area (Å²) >= 11 is 0. The van der Waals surface area contributed by atoms with E-state index in [9.17, 15) is 0 Å². The van der Waals surface area contributed by atoms with Crippen molar-refractivity contribution < 1.29 is 9.26 Å². The summed E-state index contributed by atoms with van der Waals surface area (Å²) in [4.78, 5) is 8.85. The van der Waals surface area contributed by atoms with Crippen molar-refractivity contribution in [3.63, 3.8) is 0 Å². The summed E-state index contributed by atoms with van der Waals surface area (Å²) in [6, 6.07) is 0.425. The van der Waals surface area contributed by atoms with Gasteiger partial charge in [0.1, 0.15) is 6.54 Å². The molecule has 2 fully saturated rings. The van der Waals surface area contributed by atoms with Gasteiger partial charge in [0.05, 0.1) is 6.10 Å². The predicted molar refractivity (Wildman–Crippen MR) is 96.3 cm³/mol. The SMILES string of the molecule is CCNC(=NCc1noc(C)n1)NC1CC(OCC)C12CCCCC2. The molecule has 7 heteroatoms. The van der Waals surface area contributed by atoms with Crippen LogP contribution >= 0.6 is 0 Å². The molecule has 1 heterocycles. The van der Waals surface area contributed by atoms with Crippen molar-refractivity contribution in [1.82, 2.24) is 20.8 Å². The molecule has 0 saturated heterocycles. The van der Waals surface area contributed by atoms with E-state index in [1.54, 1.807) is 6.92 Å². The third kappa shape index (κ3) is 3.97. The maximum absolute atomic E-state index is 6.04. The van der Waals surface area contributed by atoms with E-state index in [4.69, 9.17) is 9.26 Å². The maximum atomic E-state index is 6.04. The molecule has 2 N–H and O–H groups in total. The van der Waals surface area contributed by atoms with Crippen LogP contribution in [0.2, 0.25) is 0 Å². The molecule has 1 aromatic heterocycles. The van der Waals surface area contributed by atoms with Gasteiger partial charge in [-0.1, -0.05) is 24.4 Å². The fourth-order valence-electron chi connectivity index (χ4n) is 4.31. The summed E-state index contributed by atoms with van der Waals surface area (Å²) in [6.07, 6.45) is 7.89. The third-order valence-corrected chi connectivity index (χ3v) is 5.54. The fraction of sp³-hybridized carbons (Fsp3) is 0.833. The van der Waals surface area contributed by atoms with E-state index in [0.29, 0.717) is 30.4 Å². The number of ether oxygens (including phenoxy) is 1. The Morgan fingerprint density at radius 2 is 2.12 bits per heavy atom. The van der Waals surface area contributed by atoms with E-state index in [-0.39, 0.29) is 5.41 Å². The number of aryl methyl sites for hydroxylation is 1. The summed E-state index contributed by atoms with van der Waals surface area (Å²) in [5.41, 5.74) is 0.271. The first kappa shape index (κ1) is 18.2. The second kappa shape index (κ2) is 8.17. The first-order valence-corrected chi connectivity index (χ1v) is 9.63. The van der Waals surface area contributed by atoms with Crippen molar-refractivity contribution in [2.45, 2.75) is 78.0 Å². The number of nitrogens with zero attached hydrogens (tertiary/aromatic N) is 3. The van der Waals surface area contributed by atoms with Gasteiger partial charge in [0.2, 0.25) is 5.89 Å². The van der Waals surface area contributed by atoms with Gasteiger partial charge in [0, 0.05) is 31.5 Å². The van der Waals surface area contributed by atoms with E-state index in [0.717, 1.165) is 25.5 Å². The van der Waals surface area contributed by atoms with E-state index in [2.05, 4.69) is 39.6 Å². The second-order valence-electron chi connectivity index (χ2n) is 7.10. The Hall–Kier alpha value is -1.63. The summed E-state index contributed by atoms with van der Waals surface area (Å²) in [5.74, 6) is 2.01. The van der Waals surface area contributed by atoms with Crippen LogP contribution in [-0.2, 0) is 11.3 Å². The quantitative estimate of drug-likeness (QED) is 0.606. The average molecular weight is 349 g/mol. The lowest BCUT2D eigenvalue weighted by Crippen LogP contribution is -2.66. The highest BCUT2D eigenvalue weighted by atomic mass is 16.5. The summed E-state index contributed by atoms with van der Waals surface area (Å²) in [5, 5.41) is 10.9. The highest BCUT2D eigenvalue weighted by molar-refractivity contribution is 5.80. The molecule has 2 aliphatic carbocycles. The lowest BCUT2D eigenvalue weighted by molar-refractivity contribution is -0.145. The van der Waals surface area contributed by atoms with Crippen molar-refractivity contribution in [3.05, 3.63) is 11.7 Å². The van der Waals surface area contributed by atoms with Gasteiger partial charge in [-0.25, -0.2) is 4.99 Å². The van der Waals surface area contributed by atoms with Gasteiger partial charge in [0.15, 0.2) is 11.8 Å². The minimum Gasteiger partial charge on any atom is -0.378 e. The van der Waals surface area contributed by atoms with Crippen LogP contribution < -0.4 is 10.6 Å². The molecule has 3 rings (SSSR count). The molecule has 0 aliphatic heterocycles. The highest BCUT2D eigenvalue weighted by Crippen LogP contribution is 2.53. The zero-order valence-corrected chi connectivity index (χ0v) is 15.7. The molecule has 0 bridgehead atoms. The van der Waals surface area contributed by atoms with Gasteiger partial charge in [-0.2, -0.15) is 4.98 Å². The third-order valence-electron chi connectivity index (χ3n) is 5.54. The van der Waals surface area contributed by atoms with Gasteiger partial charge in [-0.15, -0.1) is 0 Å². The van der Waals surface area contributed by atoms with Crippen molar-refractivity contribution in [2.75, 3.05) is 13.2 Å². The van der Waals surface area contributed by atoms with Gasteiger partial charge in [-0.05, 0) is 33.1 Å². The molecule has 0 radical (unpaired) electrons. The molecular weight excluding hydrogens is 318 g/mol. The number of nitrogens with one attached hydrogen (secondary N) is 2. The predicted octanol–water partition coefficient (Wildman–Crippen LogP) is 2.56. The van der Waals surface area contributed by atoms with Crippen LogP contribution in [0.5, 0.6) is 0 Å². The molecule has 0 aromatic carbocycles. The molecule has 1 spiro atoms. The molecule has 2 atom stereocenters. The van der Waals surface area contributed by atoms with Gasteiger partial charge in [0.25, 0.3) is 0 Å². The monoisotopic (exact) mass is 349 g/mol. The van der Waals surface area contributed by atoms with E-state index in [1.807, 2.05) is 0 Å². The number of guanidine groups is 1. The maximum Gasteiger partial charge on any atom is 0.223 e. The minimum atomic E-state index is 0.271. The van der Waals surface area contributed by atoms with E-state index < -0.39 is 0 Å². The Morgan fingerprint density at radius 3 is 2.76 bits per heavy atom. The summed E-state index contributed by atoms with van der Waals surface area (Å²) < 4.78 is 11.1. The van der Waals surface area contributed by atoms with Crippen LogP contribution in [0.3, 0.4) is 0 Å². The van der Waals surface area contributed by atoms with Crippen molar-refractivity contribution >= 4 is 5.96 Å². The molecule has 2 aliphatic rings. The van der Waals surface area contributed by atoms with E-state index in [1.165, 1.54) is 32.1 Å². The average Bonchev–Trinajstić information content (AvgIpc) is 3.05. The first-order chi connectivity index (χ1) is 12.2. The lowest BCUT2D eigenvalue weighted by Gasteiger charge is -2.57. The van der Waals surface area contributed by atoms with Crippen LogP contribution in [-0.4, -0.2) is 41.4 Å². The first-order valence-electron chi connectivity index (χ1n) is 9.63. The number of hydrogen-bond acceptors (Lipinski definition) is 5. The zero-order chi connectivity index (χ0) is 17.7. The summed E-state index contributed by atoms with van der Waals surface area (Å²) in [7, 11) is 0. The molecular formula is C18H31N5O2. The largest absolute Gasteiger partial charge is 0.378 e. The Morgan fingerprint density at radius 1 is 1.32 bits per heavy atom. The van der Waals surface area contributed by atoms with E-state index >= 15 is 0 Å². The molecule has 0 amide bonds. The lowest BCUT2D eigenvalue weighted by atomic mass is 9.55. The standard InChI is InChI=1S/C18H31N5O2/c1-4-19-17(20-12-16-21-13(3)25-23-16)22-14-11-15(24-5-2)18(14)9-7-6-8-10-18/h14-15H,4-12H2,1-3H3,(H2,19,20,22). The Balaban J connectivity index is 1.66. The van der Waals surface area contributed by atoms with Gasteiger partial charge >= 0.3 is 0 Å². The smallest absolute Gasteiger partial charge is 0.223 e. The molecule has 2 unspecified atom stereocenters. The molecule has 7 nitrogen and oxygen atoms in total.